The van der Waals surface area contributed by atoms with Gasteiger partial charge < -0.3 is 18.6 Å². The molecule has 2 atom stereocenters. The van der Waals surface area contributed by atoms with Gasteiger partial charge in [-0.05, 0) is 29.3 Å². The van der Waals surface area contributed by atoms with Crippen LogP contribution in [-0.4, -0.2) is 39.7 Å². The second-order valence-corrected chi connectivity index (χ2v) is 14.2. The van der Waals surface area contributed by atoms with Gasteiger partial charge in [-0.25, -0.2) is 4.79 Å². The van der Waals surface area contributed by atoms with Gasteiger partial charge in [0, 0.05) is 12.0 Å². The van der Waals surface area contributed by atoms with Crippen molar-refractivity contribution in [1.82, 2.24) is 0 Å². The average Bonchev–Trinajstić information content (AvgIpc) is 2.95. The van der Waals surface area contributed by atoms with Crippen molar-refractivity contribution in [3.63, 3.8) is 0 Å². The van der Waals surface area contributed by atoms with Gasteiger partial charge in [-0.2, -0.15) is 0 Å². The number of cyclic esters (lactones) is 1. The smallest absolute Gasteiger partial charge is 0.340 e. The SMILES string of the molecule is CC(C)(C)[Si](C)(C)OC1=C2C(=O)OCC3=C(COCc4ccccc4)C(C1)OC32. The first-order valence-electron chi connectivity index (χ1n) is 10.3. The molecule has 4 rings (SSSR count). The fourth-order valence-electron chi connectivity index (χ4n) is 3.75. The summed E-state index contributed by atoms with van der Waals surface area (Å²) in [6.45, 7) is 12.3. The van der Waals surface area contributed by atoms with Gasteiger partial charge in [-0.15, -0.1) is 0 Å². The lowest BCUT2D eigenvalue weighted by Crippen LogP contribution is -2.43. The molecule has 3 aliphatic rings. The maximum atomic E-state index is 12.6. The lowest BCUT2D eigenvalue weighted by molar-refractivity contribution is -0.143. The van der Waals surface area contributed by atoms with Crippen molar-refractivity contribution in [2.75, 3.05) is 13.2 Å². The highest BCUT2D eigenvalue weighted by Gasteiger charge is 2.50. The van der Waals surface area contributed by atoms with Crippen LogP contribution in [-0.2, 0) is 30.0 Å². The average molecular weight is 415 g/mol. The predicted molar refractivity (Wildman–Crippen MR) is 113 cm³/mol. The molecule has 0 N–H and O–H groups in total. The molecule has 0 amide bonds. The minimum atomic E-state index is -2.07. The van der Waals surface area contributed by atoms with Crippen molar-refractivity contribution >= 4 is 14.3 Å². The maximum absolute atomic E-state index is 12.6. The van der Waals surface area contributed by atoms with Gasteiger partial charge >= 0.3 is 5.97 Å². The van der Waals surface area contributed by atoms with Gasteiger partial charge in [0.15, 0.2) is 0 Å². The van der Waals surface area contributed by atoms with E-state index in [1.807, 2.05) is 18.2 Å². The summed E-state index contributed by atoms with van der Waals surface area (Å²) in [4.78, 5) is 12.6. The van der Waals surface area contributed by atoms with Crippen molar-refractivity contribution in [3.05, 3.63) is 58.4 Å². The van der Waals surface area contributed by atoms with Crippen LogP contribution in [0.2, 0.25) is 18.1 Å². The molecule has 3 aliphatic heterocycles. The summed E-state index contributed by atoms with van der Waals surface area (Å²) in [6.07, 6.45) is 0.120. The predicted octanol–water partition coefficient (Wildman–Crippen LogP) is 4.50. The highest BCUT2D eigenvalue weighted by molar-refractivity contribution is 6.74. The Balaban J connectivity index is 1.53. The van der Waals surface area contributed by atoms with Crippen molar-refractivity contribution < 1.29 is 23.4 Å². The van der Waals surface area contributed by atoms with Gasteiger partial charge in [0.05, 0.1) is 25.1 Å². The third kappa shape index (κ3) is 3.81. The Morgan fingerprint density at radius 3 is 2.55 bits per heavy atom. The largest absolute Gasteiger partial charge is 0.546 e. The molecule has 5 nitrogen and oxygen atoms in total. The summed E-state index contributed by atoms with van der Waals surface area (Å²) >= 11 is 0. The first-order valence-corrected chi connectivity index (χ1v) is 13.2. The summed E-state index contributed by atoms with van der Waals surface area (Å²) in [5.41, 5.74) is 3.83. The number of rotatable bonds is 6. The first-order chi connectivity index (χ1) is 13.7. The Morgan fingerprint density at radius 2 is 1.86 bits per heavy atom. The number of benzene rings is 1. The number of hydrogen-bond acceptors (Lipinski definition) is 5. The van der Waals surface area contributed by atoms with Crippen LogP contribution < -0.4 is 0 Å². The molecule has 0 aliphatic carbocycles. The molecular formula is C23H30O5Si. The fraction of sp³-hybridized carbons (Fsp3) is 0.522. The van der Waals surface area contributed by atoms with Gasteiger partial charge in [0.25, 0.3) is 0 Å². The van der Waals surface area contributed by atoms with Gasteiger partial charge in [0.1, 0.15) is 18.3 Å². The van der Waals surface area contributed by atoms with Crippen LogP contribution in [0.3, 0.4) is 0 Å². The van der Waals surface area contributed by atoms with Gasteiger partial charge in [0.2, 0.25) is 8.32 Å². The molecule has 156 valence electrons. The Hall–Kier alpha value is -1.89. The molecule has 1 aromatic carbocycles. The second-order valence-electron chi connectivity index (χ2n) is 9.51. The number of fused-ring (bicyclic) bond motifs is 1. The van der Waals surface area contributed by atoms with E-state index in [4.69, 9.17) is 18.6 Å². The van der Waals surface area contributed by atoms with Crippen molar-refractivity contribution in [2.24, 2.45) is 0 Å². The topological polar surface area (TPSA) is 54.0 Å². The standard InChI is InChI=1S/C23H30O5Si/c1-23(2,3)29(4,5)28-19-11-18-16(13-25-12-15-9-7-6-8-10-15)17-14-26-22(24)20(19)21(17)27-18/h6-10,18,21H,11-14H2,1-5H3. The van der Waals surface area contributed by atoms with Crippen molar-refractivity contribution in [3.8, 4) is 0 Å². The van der Waals surface area contributed by atoms with Crippen molar-refractivity contribution in [1.29, 1.82) is 0 Å². The lowest BCUT2D eigenvalue weighted by Gasteiger charge is -2.40. The summed E-state index contributed by atoms with van der Waals surface area (Å²) in [5.74, 6) is 0.454. The molecule has 3 heterocycles. The monoisotopic (exact) mass is 414 g/mol. The minimum Gasteiger partial charge on any atom is -0.546 e. The van der Waals surface area contributed by atoms with E-state index in [0.717, 1.165) is 22.5 Å². The number of ether oxygens (including phenoxy) is 3. The zero-order valence-corrected chi connectivity index (χ0v) is 18.9. The molecule has 1 aromatic rings. The van der Waals surface area contributed by atoms with E-state index in [2.05, 4.69) is 46.0 Å². The third-order valence-electron chi connectivity index (χ3n) is 6.48. The van der Waals surface area contributed by atoms with E-state index >= 15 is 0 Å². The molecule has 2 bridgehead atoms. The zero-order valence-electron chi connectivity index (χ0n) is 17.9. The van der Waals surface area contributed by atoms with Crippen LogP contribution in [0.5, 0.6) is 0 Å². The quantitative estimate of drug-likeness (QED) is 0.390. The molecule has 0 aromatic heterocycles. The number of carbonyl (C=O) groups excluding carboxylic acids is 1. The van der Waals surface area contributed by atoms with Crippen LogP contribution >= 0.6 is 0 Å². The lowest BCUT2D eigenvalue weighted by atomic mass is 9.98. The Bertz CT molecular complexity index is 863. The maximum Gasteiger partial charge on any atom is 0.340 e. The van der Waals surface area contributed by atoms with Crippen molar-refractivity contribution in [2.45, 2.75) is 64.1 Å². The van der Waals surface area contributed by atoms with E-state index in [1.54, 1.807) is 0 Å². The van der Waals surface area contributed by atoms with E-state index in [1.165, 1.54) is 0 Å². The molecule has 1 fully saturated rings. The summed E-state index contributed by atoms with van der Waals surface area (Å²) in [7, 11) is -2.07. The van der Waals surface area contributed by atoms with Crippen LogP contribution in [0.25, 0.3) is 0 Å². The molecule has 6 heteroatoms. The van der Waals surface area contributed by atoms with E-state index in [9.17, 15) is 4.79 Å². The molecule has 0 radical (unpaired) electrons. The molecule has 0 spiro atoms. The summed E-state index contributed by atoms with van der Waals surface area (Å²) in [5, 5.41) is 0.0500. The fourth-order valence-corrected chi connectivity index (χ4v) is 4.86. The molecule has 0 saturated carbocycles. The Morgan fingerprint density at radius 1 is 1.14 bits per heavy atom. The van der Waals surface area contributed by atoms with Crippen LogP contribution in [0, 0.1) is 0 Å². The Kier molecular flexibility index (Phi) is 5.21. The first kappa shape index (κ1) is 20.4. The molecular weight excluding hydrogens is 384 g/mol. The van der Waals surface area contributed by atoms with Crippen LogP contribution in [0.4, 0.5) is 0 Å². The van der Waals surface area contributed by atoms with Crippen LogP contribution in [0.15, 0.2) is 52.8 Å². The highest BCUT2D eigenvalue weighted by Crippen LogP contribution is 2.47. The van der Waals surface area contributed by atoms with E-state index in [0.29, 0.717) is 25.2 Å². The summed E-state index contributed by atoms with van der Waals surface area (Å²) in [6, 6.07) is 10.1. The Labute approximate surface area is 173 Å². The van der Waals surface area contributed by atoms with Crippen LogP contribution in [0.1, 0.15) is 32.8 Å². The zero-order chi connectivity index (χ0) is 20.8. The number of esters is 1. The highest BCUT2D eigenvalue weighted by atomic mass is 28.4. The third-order valence-corrected chi connectivity index (χ3v) is 10.9. The van der Waals surface area contributed by atoms with E-state index in [-0.39, 0.29) is 29.8 Å². The van der Waals surface area contributed by atoms with E-state index < -0.39 is 8.32 Å². The van der Waals surface area contributed by atoms with Gasteiger partial charge in [-0.3, -0.25) is 0 Å². The molecule has 2 unspecified atom stereocenters. The summed E-state index contributed by atoms with van der Waals surface area (Å²) < 4.78 is 24.3. The number of hydrogen-bond donors (Lipinski definition) is 0. The molecule has 29 heavy (non-hydrogen) atoms. The van der Waals surface area contributed by atoms with Gasteiger partial charge in [-0.1, -0.05) is 51.1 Å². The normalized spacial score (nSPS) is 24.1. The second kappa shape index (κ2) is 7.42. The minimum absolute atomic E-state index is 0.0500. The molecule has 1 saturated heterocycles. The number of carbonyl (C=O) groups is 1.